The Kier molecular flexibility index (Phi) is 6.36. The van der Waals surface area contributed by atoms with Gasteiger partial charge in [-0.2, -0.15) is 23.5 Å². The smallest absolute Gasteiger partial charge is 0.167 e. The van der Waals surface area contributed by atoms with Crippen LogP contribution >= 0.6 is 35.1 Å². The average molecular weight is 370 g/mol. The van der Waals surface area contributed by atoms with Crippen molar-refractivity contribution >= 4 is 40.9 Å². The molecule has 2 saturated heterocycles. The summed E-state index contributed by atoms with van der Waals surface area (Å²) in [4.78, 5) is 15.5. The summed E-state index contributed by atoms with van der Waals surface area (Å²) in [6.07, 6.45) is 2.15. The van der Waals surface area contributed by atoms with E-state index in [-0.39, 0.29) is 5.92 Å². The van der Waals surface area contributed by atoms with E-state index in [1.54, 1.807) is 0 Å². The minimum atomic E-state index is 0.141. The number of hydrogen-bond donors (Lipinski definition) is 0. The van der Waals surface area contributed by atoms with Gasteiger partial charge in [-0.05, 0) is 50.1 Å². The average Bonchev–Trinajstić information content (AvgIpc) is 2.84. The summed E-state index contributed by atoms with van der Waals surface area (Å²) in [5.41, 5.74) is 1.85. The van der Waals surface area contributed by atoms with E-state index < -0.39 is 0 Å². The van der Waals surface area contributed by atoms with Crippen LogP contribution < -0.4 is 0 Å². The number of ketones is 1. The minimum Gasteiger partial charge on any atom is -0.298 e. The second-order valence-corrected chi connectivity index (χ2v) is 9.20. The Morgan fingerprint density at radius 1 is 1.26 bits per heavy atom. The number of thioether (sulfide) groups is 2. The van der Waals surface area contributed by atoms with Crippen LogP contribution in [-0.4, -0.2) is 52.8 Å². The minimum absolute atomic E-state index is 0.141. The molecular formula is C18H24ClNOS2. The Balaban J connectivity index is 1.68. The third-order valence-corrected chi connectivity index (χ3v) is 7.51. The van der Waals surface area contributed by atoms with Crippen LogP contribution in [0.25, 0.3) is 0 Å². The van der Waals surface area contributed by atoms with E-state index in [1.807, 2.05) is 25.1 Å². The molecule has 0 spiro atoms. The van der Waals surface area contributed by atoms with Crippen LogP contribution in [0.5, 0.6) is 0 Å². The van der Waals surface area contributed by atoms with Gasteiger partial charge in [0, 0.05) is 52.1 Å². The summed E-state index contributed by atoms with van der Waals surface area (Å²) in [6, 6.07) is 6.26. The Bertz CT molecular complexity index is 558. The highest BCUT2D eigenvalue weighted by Gasteiger charge is 2.31. The third-order valence-electron chi connectivity index (χ3n) is 4.79. The SMILES string of the molecule is Cc1cc(Cl)ccc1C(=O)[C@H]1CCCN(C2CSCCSC2)C1. The largest absolute Gasteiger partial charge is 0.298 e. The van der Waals surface area contributed by atoms with Crippen LogP contribution in [0.1, 0.15) is 28.8 Å². The first-order valence-corrected chi connectivity index (χ1v) is 11.0. The Hall–Kier alpha value is -0.160. The molecule has 0 saturated carbocycles. The van der Waals surface area contributed by atoms with E-state index in [0.717, 1.165) is 37.1 Å². The number of likely N-dealkylation sites (tertiary alicyclic amines) is 1. The highest BCUT2D eigenvalue weighted by molar-refractivity contribution is 8.03. The number of nitrogens with zero attached hydrogens (tertiary/aromatic N) is 1. The van der Waals surface area contributed by atoms with Gasteiger partial charge in [-0.3, -0.25) is 9.69 Å². The van der Waals surface area contributed by atoms with E-state index in [9.17, 15) is 4.79 Å². The second kappa shape index (κ2) is 8.28. The summed E-state index contributed by atoms with van der Waals surface area (Å²) >= 11 is 10.2. The van der Waals surface area contributed by atoms with Crippen molar-refractivity contribution in [1.82, 2.24) is 4.90 Å². The fourth-order valence-electron chi connectivity index (χ4n) is 3.49. The molecule has 2 heterocycles. The number of carbonyl (C=O) groups excluding carboxylic acids is 1. The lowest BCUT2D eigenvalue weighted by Gasteiger charge is -2.37. The standard InChI is InChI=1S/C18H24ClNOS2/c1-13-9-15(19)4-5-17(13)18(21)14-3-2-6-20(10-14)16-11-22-7-8-23-12-16/h4-5,9,14,16H,2-3,6-8,10-12H2,1H3/t14-/m0/s1. The van der Waals surface area contributed by atoms with Gasteiger partial charge in [-0.25, -0.2) is 0 Å². The van der Waals surface area contributed by atoms with Crippen molar-refractivity contribution in [2.75, 3.05) is 36.1 Å². The molecule has 2 aliphatic heterocycles. The monoisotopic (exact) mass is 369 g/mol. The van der Waals surface area contributed by atoms with Crippen LogP contribution in [-0.2, 0) is 0 Å². The first kappa shape index (κ1) is 17.7. The van der Waals surface area contributed by atoms with Gasteiger partial charge in [0.05, 0.1) is 0 Å². The molecule has 126 valence electrons. The third kappa shape index (κ3) is 4.47. The molecule has 1 aromatic rings. The van der Waals surface area contributed by atoms with E-state index in [4.69, 9.17) is 11.6 Å². The predicted molar refractivity (Wildman–Crippen MR) is 103 cm³/mol. The molecule has 5 heteroatoms. The maximum Gasteiger partial charge on any atom is 0.167 e. The van der Waals surface area contributed by atoms with Crippen LogP contribution in [0.4, 0.5) is 0 Å². The summed E-state index contributed by atoms with van der Waals surface area (Å²) in [6.45, 7) is 4.06. The molecule has 1 atom stereocenters. The maximum absolute atomic E-state index is 12.9. The number of halogens is 1. The number of benzene rings is 1. The maximum atomic E-state index is 12.9. The van der Waals surface area contributed by atoms with Gasteiger partial charge in [0.15, 0.2) is 5.78 Å². The molecular weight excluding hydrogens is 346 g/mol. The van der Waals surface area contributed by atoms with Crippen LogP contribution in [0.15, 0.2) is 18.2 Å². The molecule has 0 unspecified atom stereocenters. The zero-order chi connectivity index (χ0) is 16.2. The first-order valence-electron chi connectivity index (χ1n) is 8.35. The fourth-order valence-corrected chi connectivity index (χ4v) is 6.34. The number of carbonyl (C=O) groups is 1. The summed E-state index contributed by atoms with van der Waals surface area (Å²) in [7, 11) is 0. The Morgan fingerprint density at radius 3 is 2.70 bits per heavy atom. The molecule has 2 fully saturated rings. The van der Waals surface area contributed by atoms with Gasteiger partial charge in [0.2, 0.25) is 0 Å². The number of hydrogen-bond acceptors (Lipinski definition) is 4. The summed E-state index contributed by atoms with van der Waals surface area (Å²) in [5, 5.41) is 0.705. The molecule has 23 heavy (non-hydrogen) atoms. The van der Waals surface area contributed by atoms with E-state index in [1.165, 1.54) is 23.0 Å². The molecule has 0 amide bonds. The molecule has 0 radical (unpaired) electrons. The molecule has 2 aliphatic rings. The highest BCUT2D eigenvalue weighted by Crippen LogP contribution is 2.28. The first-order chi connectivity index (χ1) is 11.1. The number of rotatable bonds is 3. The van der Waals surface area contributed by atoms with Gasteiger partial charge in [0.25, 0.3) is 0 Å². The van der Waals surface area contributed by atoms with Crippen molar-refractivity contribution in [3.63, 3.8) is 0 Å². The topological polar surface area (TPSA) is 20.3 Å². The lowest BCUT2D eigenvalue weighted by molar-refractivity contribution is 0.0786. The van der Waals surface area contributed by atoms with Gasteiger partial charge in [-0.15, -0.1) is 0 Å². The highest BCUT2D eigenvalue weighted by atomic mass is 35.5. The van der Waals surface area contributed by atoms with Gasteiger partial charge in [0.1, 0.15) is 0 Å². The van der Waals surface area contributed by atoms with Crippen molar-refractivity contribution in [3.8, 4) is 0 Å². The van der Waals surface area contributed by atoms with Crippen LogP contribution in [0.3, 0.4) is 0 Å². The number of piperidine rings is 1. The van der Waals surface area contributed by atoms with Gasteiger partial charge < -0.3 is 0 Å². The molecule has 1 aromatic carbocycles. The number of Topliss-reactive ketones (excluding diaryl/α,β-unsaturated/α-hetero) is 1. The zero-order valence-electron chi connectivity index (χ0n) is 13.6. The molecule has 0 aromatic heterocycles. The van der Waals surface area contributed by atoms with Crippen LogP contribution in [0, 0.1) is 12.8 Å². The van der Waals surface area contributed by atoms with Crippen LogP contribution in [0.2, 0.25) is 5.02 Å². The second-order valence-electron chi connectivity index (χ2n) is 6.46. The normalized spacial score (nSPS) is 24.3. The van der Waals surface area contributed by atoms with Crippen molar-refractivity contribution in [1.29, 1.82) is 0 Å². The Labute approximate surface area is 152 Å². The summed E-state index contributed by atoms with van der Waals surface area (Å²) < 4.78 is 0. The summed E-state index contributed by atoms with van der Waals surface area (Å²) in [5.74, 6) is 5.41. The van der Waals surface area contributed by atoms with E-state index in [0.29, 0.717) is 16.8 Å². The number of aryl methyl sites for hydroxylation is 1. The van der Waals surface area contributed by atoms with Gasteiger partial charge >= 0.3 is 0 Å². The Morgan fingerprint density at radius 2 is 2.00 bits per heavy atom. The van der Waals surface area contributed by atoms with Crippen molar-refractivity contribution in [3.05, 3.63) is 34.3 Å². The lowest BCUT2D eigenvalue weighted by atomic mass is 9.88. The molecule has 2 nitrogen and oxygen atoms in total. The molecule has 0 bridgehead atoms. The van der Waals surface area contributed by atoms with Crippen molar-refractivity contribution in [2.45, 2.75) is 25.8 Å². The van der Waals surface area contributed by atoms with E-state index >= 15 is 0 Å². The van der Waals surface area contributed by atoms with Crippen molar-refractivity contribution in [2.24, 2.45) is 5.92 Å². The molecule has 3 rings (SSSR count). The zero-order valence-corrected chi connectivity index (χ0v) is 16.0. The quantitative estimate of drug-likeness (QED) is 0.736. The van der Waals surface area contributed by atoms with Gasteiger partial charge in [-0.1, -0.05) is 11.6 Å². The molecule has 0 aliphatic carbocycles. The lowest BCUT2D eigenvalue weighted by Crippen LogP contribution is -2.46. The van der Waals surface area contributed by atoms with E-state index in [2.05, 4.69) is 28.4 Å². The fraction of sp³-hybridized carbons (Fsp3) is 0.611. The predicted octanol–water partition coefficient (Wildman–Crippen LogP) is 4.39. The van der Waals surface area contributed by atoms with Crippen molar-refractivity contribution < 1.29 is 4.79 Å². The molecule has 0 N–H and O–H groups in total.